The first-order chi connectivity index (χ1) is 12.1. The lowest BCUT2D eigenvalue weighted by Crippen LogP contribution is -2.29. The Labute approximate surface area is 152 Å². The Morgan fingerprint density at radius 2 is 1.54 bits per heavy atom. The normalized spacial score (nSPS) is 11.3. The van der Waals surface area contributed by atoms with Gasteiger partial charge in [0.2, 0.25) is 5.52 Å². The Morgan fingerprint density at radius 1 is 1.00 bits per heavy atom. The average Bonchev–Trinajstić information content (AvgIpc) is 2.89. The van der Waals surface area contributed by atoms with Gasteiger partial charge in [-0.2, -0.15) is 17.7 Å². The second-order valence-electron chi connectivity index (χ2n) is 4.95. The van der Waals surface area contributed by atoms with E-state index in [-0.39, 0.29) is 0 Å². The molecule has 26 heavy (non-hydrogen) atoms. The Morgan fingerprint density at radius 3 is 2.08 bits per heavy atom. The molecule has 3 rings (SSSR count). The minimum absolute atomic E-state index is 1.05. The van der Waals surface area contributed by atoms with Crippen LogP contribution in [0, 0.1) is 11.8 Å². The molecule has 4 nitrogen and oxygen atoms in total. The smallest absolute Gasteiger partial charge is 0.485 e. The van der Waals surface area contributed by atoms with E-state index in [2.05, 4.69) is 47.7 Å². The second-order valence-corrected chi connectivity index (χ2v) is 7.35. The molecule has 0 atom stereocenters. The molecular weight excluding hydrogens is 387 g/mol. The average molecular weight is 399 g/mol. The highest BCUT2D eigenvalue weighted by molar-refractivity contribution is 7.86. The summed E-state index contributed by atoms with van der Waals surface area (Å²) in [4.78, 5) is 0. The predicted octanol–water partition coefficient (Wildman–Crippen LogP) is 3.18. The van der Waals surface area contributed by atoms with Crippen LogP contribution in [-0.4, -0.2) is 18.5 Å². The summed E-state index contributed by atoms with van der Waals surface area (Å²) in [5, 5.41) is 1.08. The van der Waals surface area contributed by atoms with Crippen molar-refractivity contribution in [2.24, 2.45) is 7.05 Å². The SMILES string of the molecule is C[n+]1c(C#Cc2ccccc2)sc2ccccc21.O=S(=O)([O-])C(F)(F)F. The van der Waals surface area contributed by atoms with Gasteiger partial charge in [-0.15, -0.1) is 0 Å². The number of halogens is 3. The monoisotopic (exact) mass is 399 g/mol. The van der Waals surface area contributed by atoms with Crippen molar-refractivity contribution in [2.75, 3.05) is 0 Å². The Bertz CT molecular complexity index is 1060. The lowest BCUT2D eigenvalue weighted by Gasteiger charge is -2.08. The first kappa shape index (κ1) is 19.9. The topological polar surface area (TPSA) is 61.1 Å². The zero-order chi connectivity index (χ0) is 19.4. The molecular formula is C17H12F3NO3S2. The number of aromatic nitrogens is 1. The van der Waals surface area contributed by atoms with Crippen LogP contribution in [0.5, 0.6) is 0 Å². The Balaban J connectivity index is 0.000000260. The quantitative estimate of drug-likeness (QED) is 0.253. The van der Waals surface area contributed by atoms with Crippen LogP contribution in [-0.2, 0) is 17.2 Å². The number of fused-ring (bicyclic) bond motifs is 1. The molecule has 0 bridgehead atoms. The maximum Gasteiger partial charge on any atom is 0.485 e. The molecule has 3 aromatic rings. The van der Waals surface area contributed by atoms with Crippen molar-refractivity contribution in [2.45, 2.75) is 5.51 Å². The first-order valence-electron chi connectivity index (χ1n) is 7.06. The van der Waals surface area contributed by atoms with Crippen LogP contribution in [0.25, 0.3) is 10.2 Å². The molecule has 0 aliphatic rings. The number of hydrogen-bond acceptors (Lipinski definition) is 4. The fourth-order valence-electron chi connectivity index (χ4n) is 1.86. The molecule has 1 aromatic heterocycles. The molecule has 0 aliphatic heterocycles. The van der Waals surface area contributed by atoms with Crippen molar-refractivity contribution in [3.05, 3.63) is 65.2 Å². The van der Waals surface area contributed by atoms with E-state index in [0.717, 1.165) is 10.6 Å². The van der Waals surface area contributed by atoms with Crippen LogP contribution in [0.1, 0.15) is 10.6 Å². The van der Waals surface area contributed by atoms with Gasteiger partial charge in [0.05, 0.1) is 0 Å². The fraction of sp³-hybridized carbons (Fsp3) is 0.118. The van der Waals surface area contributed by atoms with Crippen LogP contribution in [0.2, 0.25) is 0 Å². The van der Waals surface area contributed by atoms with Crippen molar-refractivity contribution in [1.29, 1.82) is 0 Å². The van der Waals surface area contributed by atoms with Crippen molar-refractivity contribution >= 4 is 31.7 Å². The van der Waals surface area contributed by atoms with E-state index < -0.39 is 15.6 Å². The molecule has 9 heteroatoms. The molecule has 0 N–H and O–H groups in total. The Kier molecular flexibility index (Phi) is 6.02. The number of nitrogens with zero attached hydrogens (tertiary/aromatic N) is 1. The van der Waals surface area contributed by atoms with Crippen molar-refractivity contribution in [3.8, 4) is 11.8 Å². The van der Waals surface area contributed by atoms with Crippen LogP contribution in [0.15, 0.2) is 54.6 Å². The highest BCUT2D eigenvalue weighted by Crippen LogP contribution is 2.20. The van der Waals surface area contributed by atoms with E-state index in [9.17, 15) is 13.2 Å². The highest BCUT2D eigenvalue weighted by Gasteiger charge is 2.36. The van der Waals surface area contributed by atoms with E-state index in [4.69, 9.17) is 13.0 Å². The first-order valence-corrected chi connectivity index (χ1v) is 9.29. The molecule has 0 saturated heterocycles. The summed E-state index contributed by atoms with van der Waals surface area (Å²) < 4.78 is 62.3. The molecule has 2 aromatic carbocycles. The van der Waals surface area contributed by atoms with Gasteiger partial charge in [0.15, 0.2) is 10.1 Å². The van der Waals surface area contributed by atoms with Crippen LogP contribution in [0.4, 0.5) is 13.2 Å². The third-order valence-corrected chi connectivity index (χ3v) is 4.81. The fourth-order valence-corrected chi connectivity index (χ4v) is 2.86. The molecule has 0 spiro atoms. The molecule has 0 fully saturated rings. The summed E-state index contributed by atoms with van der Waals surface area (Å²) in [6.07, 6.45) is 0. The van der Waals surface area contributed by atoms with Gasteiger partial charge in [0.25, 0.3) is 0 Å². The van der Waals surface area contributed by atoms with E-state index >= 15 is 0 Å². The third-order valence-electron chi connectivity index (χ3n) is 3.11. The van der Waals surface area contributed by atoms with Gasteiger partial charge < -0.3 is 4.55 Å². The van der Waals surface area contributed by atoms with Crippen LogP contribution >= 0.6 is 11.3 Å². The van der Waals surface area contributed by atoms with Crippen molar-refractivity contribution < 1.29 is 30.7 Å². The number of para-hydroxylation sites is 1. The zero-order valence-corrected chi connectivity index (χ0v) is 15.0. The van der Waals surface area contributed by atoms with E-state index in [1.165, 1.54) is 10.2 Å². The number of aryl methyl sites for hydroxylation is 1. The van der Waals surface area contributed by atoms with E-state index in [0.29, 0.717) is 0 Å². The molecule has 0 unspecified atom stereocenters. The van der Waals surface area contributed by atoms with Gasteiger partial charge in [-0.3, -0.25) is 0 Å². The number of benzene rings is 2. The van der Waals surface area contributed by atoms with Crippen molar-refractivity contribution in [1.82, 2.24) is 0 Å². The summed E-state index contributed by atoms with van der Waals surface area (Å²) in [7, 11) is -4.03. The molecule has 0 aliphatic carbocycles. The second kappa shape index (κ2) is 7.86. The number of thiazole rings is 1. The summed E-state index contributed by atoms with van der Waals surface area (Å²) in [6, 6.07) is 18.5. The van der Waals surface area contributed by atoms with Gasteiger partial charge in [0, 0.05) is 17.6 Å². The predicted molar refractivity (Wildman–Crippen MR) is 91.2 cm³/mol. The van der Waals surface area contributed by atoms with E-state index in [1.54, 1.807) is 11.3 Å². The minimum atomic E-state index is -6.09. The zero-order valence-electron chi connectivity index (χ0n) is 13.3. The standard InChI is InChI=1S/C16H12NS.CHF3O3S/c1-17-14-9-5-6-10-15(14)18-16(17)12-11-13-7-3-2-4-8-13;2-1(3,4)8(5,6)7/h2-10H,1H3;(H,5,6,7)/q+1;/p-1. The maximum atomic E-state index is 10.7. The van der Waals surface area contributed by atoms with Gasteiger partial charge in [0.1, 0.15) is 11.7 Å². The molecule has 0 amide bonds. The lowest BCUT2D eigenvalue weighted by atomic mass is 10.2. The van der Waals surface area contributed by atoms with Gasteiger partial charge in [-0.25, -0.2) is 8.42 Å². The molecule has 1 heterocycles. The largest absolute Gasteiger partial charge is 0.741 e. The summed E-state index contributed by atoms with van der Waals surface area (Å²) >= 11 is 1.73. The summed E-state index contributed by atoms with van der Waals surface area (Å²) in [5.41, 5.74) is -3.36. The van der Waals surface area contributed by atoms with Crippen LogP contribution < -0.4 is 4.57 Å². The minimum Gasteiger partial charge on any atom is -0.741 e. The summed E-state index contributed by atoms with van der Waals surface area (Å²) in [5.74, 6) is 6.45. The molecule has 0 saturated carbocycles. The maximum absolute atomic E-state index is 10.7. The van der Waals surface area contributed by atoms with Gasteiger partial charge in [-0.1, -0.05) is 47.6 Å². The lowest BCUT2D eigenvalue weighted by molar-refractivity contribution is -0.642. The van der Waals surface area contributed by atoms with Gasteiger partial charge >= 0.3 is 10.5 Å². The van der Waals surface area contributed by atoms with E-state index in [1.807, 2.05) is 30.3 Å². The number of rotatable bonds is 0. The number of alkyl halides is 3. The number of hydrogen-bond donors (Lipinski definition) is 0. The van der Waals surface area contributed by atoms with Gasteiger partial charge in [-0.05, 0) is 18.2 Å². The molecule has 0 radical (unpaired) electrons. The highest BCUT2D eigenvalue weighted by atomic mass is 32.2. The van der Waals surface area contributed by atoms with Crippen LogP contribution in [0.3, 0.4) is 0 Å². The van der Waals surface area contributed by atoms with Crippen molar-refractivity contribution in [3.63, 3.8) is 0 Å². The summed E-state index contributed by atoms with van der Waals surface area (Å²) in [6.45, 7) is 0. The molecule has 136 valence electrons. The Hall–Kier alpha value is -2.41. The third kappa shape index (κ3) is 5.05.